The Morgan fingerprint density at radius 2 is 2.17 bits per heavy atom. The minimum atomic E-state index is -0.531. The Bertz CT molecular complexity index is 602. The molecule has 0 unspecified atom stereocenters. The number of rotatable bonds is 2. The van der Waals surface area contributed by atoms with Crippen molar-refractivity contribution in [1.29, 1.82) is 0 Å². The Morgan fingerprint density at radius 1 is 1.44 bits per heavy atom. The van der Waals surface area contributed by atoms with Gasteiger partial charge in [-0.25, -0.2) is 9.79 Å². The van der Waals surface area contributed by atoms with Crippen LogP contribution in [0, 0.1) is 10.1 Å². The number of aliphatic imine (C=N–C) groups is 1. The lowest BCUT2D eigenvalue weighted by atomic mass is 10.0. The summed E-state index contributed by atoms with van der Waals surface area (Å²) in [6, 6.07) is 6.04. The number of benzene rings is 1. The van der Waals surface area contributed by atoms with Crippen molar-refractivity contribution >= 4 is 23.1 Å². The maximum absolute atomic E-state index is 11.5. The van der Waals surface area contributed by atoms with Crippen LogP contribution in [0.1, 0.15) is 19.4 Å². The summed E-state index contributed by atoms with van der Waals surface area (Å²) >= 11 is 0. The van der Waals surface area contributed by atoms with Gasteiger partial charge in [0.1, 0.15) is 0 Å². The Kier molecular flexibility index (Phi) is 2.93. The van der Waals surface area contributed by atoms with Crippen LogP contribution in [0.4, 0.5) is 5.69 Å². The first kappa shape index (κ1) is 12.0. The highest BCUT2D eigenvalue weighted by Crippen LogP contribution is 2.26. The molecule has 0 fully saturated rings. The third-order valence-electron chi connectivity index (χ3n) is 2.55. The molecule has 0 bridgehead atoms. The average molecular weight is 246 g/mol. The standard InChI is InChI=1S/C12H10N2O4/c1-7(11-12(15)18-8(2)13-11)9-4-3-5-10(6-9)14(16)17/h3-6H,1-2H3/b11-7-. The fraction of sp³-hybridized carbons (Fsp3) is 0.167. The number of esters is 1. The first-order valence-corrected chi connectivity index (χ1v) is 5.22. The highest BCUT2D eigenvalue weighted by molar-refractivity contribution is 6.08. The number of allylic oxidation sites excluding steroid dienone is 1. The van der Waals surface area contributed by atoms with Crippen molar-refractivity contribution in [2.75, 3.05) is 0 Å². The molecule has 0 amide bonds. The molecule has 0 atom stereocenters. The number of nitro benzene ring substituents is 1. The second-order valence-corrected chi connectivity index (χ2v) is 3.80. The van der Waals surface area contributed by atoms with Gasteiger partial charge in [0.05, 0.1) is 4.92 Å². The number of hydrogen-bond donors (Lipinski definition) is 0. The van der Waals surface area contributed by atoms with E-state index in [2.05, 4.69) is 4.99 Å². The molecule has 92 valence electrons. The third kappa shape index (κ3) is 2.13. The summed E-state index contributed by atoms with van der Waals surface area (Å²) in [5, 5.41) is 10.7. The van der Waals surface area contributed by atoms with Crippen molar-refractivity contribution in [1.82, 2.24) is 0 Å². The predicted octanol–water partition coefficient (Wildman–Crippen LogP) is 2.30. The number of ether oxygens (including phenoxy) is 1. The third-order valence-corrected chi connectivity index (χ3v) is 2.55. The molecule has 6 nitrogen and oxygen atoms in total. The number of cyclic esters (lactones) is 1. The summed E-state index contributed by atoms with van der Waals surface area (Å²) in [6.45, 7) is 3.25. The van der Waals surface area contributed by atoms with Gasteiger partial charge >= 0.3 is 5.97 Å². The Morgan fingerprint density at radius 3 is 2.72 bits per heavy atom. The molecule has 18 heavy (non-hydrogen) atoms. The maximum Gasteiger partial charge on any atom is 0.363 e. The molecule has 0 saturated carbocycles. The molecule has 1 heterocycles. The maximum atomic E-state index is 11.5. The summed E-state index contributed by atoms with van der Waals surface area (Å²) in [5.74, 6) is -0.253. The molecule has 0 aliphatic carbocycles. The van der Waals surface area contributed by atoms with E-state index >= 15 is 0 Å². The van der Waals surface area contributed by atoms with E-state index in [1.807, 2.05) is 0 Å². The zero-order valence-corrected chi connectivity index (χ0v) is 9.84. The van der Waals surface area contributed by atoms with Crippen LogP contribution in [-0.2, 0) is 9.53 Å². The summed E-state index contributed by atoms with van der Waals surface area (Å²) in [6.07, 6.45) is 0. The van der Waals surface area contributed by atoms with Crippen molar-refractivity contribution in [2.24, 2.45) is 4.99 Å². The number of nitrogens with zero attached hydrogens (tertiary/aromatic N) is 2. The molecule has 2 rings (SSSR count). The number of non-ortho nitro benzene ring substituents is 1. The summed E-state index contributed by atoms with van der Waals surface area (Å²) < 4.78 is 4.81. The zero-order chi connectivity index (χ0) is 13.3. The van der Waals surface area contributed by atoms with Crippen LogP contribution in [0.5, 0.6) is 0 Å². The van der Waals surface area contributed by atoms with Gasteiger partial charge in [-0.05, 0) is 18.1 Å². The molecule has 0 saturated heterocycles. The SMILES string of the molecule is CC1=N/C(=C(/C)c2cccc([N+](=O)[O-])c2)C(=O)O1. The lowest BCUT2D eigenvalue weighted by Gasteiger charge is -2.02. The van der Waals surface area contributed by atoms with Gasteiger partial charge in [-0.3, -0.25) is 10.1 Å². The van der Waals surface area contributed by atoms with Gasteiger partial charge in [0.25, 0.3) is 5.69 Å². The van der Waals surface area contributed by atoms with Gasteiger partial charge in [-0.2, -0.15) is 0 Å². The monoisotopic (exact) mass is 246 g/mol. The van der Waals surface area contributed by atoms with Crippen LogP contribution >= 0.6 is 0 Å². The molecule has 1 aromatic rings. The summed E-state index contributed by atoms with van der Waals surface area (Å²) in [7, 11) is 0. The fourth-order valence-corrected chi connectivity index (χ4v) is 1.63. The van der Waals surface area contributed by atoms with Crippen LogP contribution in [-0.4, -0.2) is 16.8 Å². The normalized spacial score (nSPS) is 17.2. The Labute approximate surface area is 103 Å². The van der Waals surface area contributed by atoms with E-state index in [0.29, 0.717) is 11.1 Å². The van der Waals surface area contributed by atoms with Crippen molar-refractivity contribution in [3.63, 3.8) is 0 Å². The van der Waals surface area contributed by atoms with E-state index in [4.69, 9.17) is 4.74 Å². The van der Waals surface area contributed by atoms with E-state index in [1.165, 1.54) is 12.1 Å². The van der Waals surface area contributed by atoms with Gasteiger partial charge in [-0.1, -0.05) is 12.1 Å². The van der Waals surface area contributed by atoms with Gasteiger partial charge < -0.3 is 4.74 Å². The van der Waals surface area contributed by atoms with Crippen LogP contribution in [0.25, 0.3) is 5.57 Å². The number of hydrogen-bond acceptors (Lipinski definition) is 5. The molecule has 1 aliphatic heterocycles. The smallest absolute Gasteiger partial charge is 0.363 e. The average Bonchev–Trinajstić information content (AvgIpc) is 2.67. The van der Waals surface area contributed by atoms with E-state index < -0.39 is 10.9 Å². The van der Waals surface area contributed by atoms with E-state index in [9.17, 15) is 14.9 Å². The van der Waals surface area contributed by atoms with E-state index in [0.717, 1.165) is 0 Å². The largest absolute Gasteiger partial charge is 0.407 e. The lowest BCUT2D eigenvalue weighted by molar-refractivity contribution is -0.384. The van der Waals surface area contributed by atoms with E-state index in [1.54, 1.807) is 26.0 Å². The lowest BCUT2D eigenvalue weighted by Crippen LogP contribution is -2.01. The molecule has 1 aliphatic rings. The summed E-state index contributed by atoms with van der Waals surface area (Å²) in [4.78, 5) is 25.7. The Hall–Kier alpha value is -2.50. The van der Waals surface area contributed by atoms with Crippen LogP contribution in [0.3, 0.4) is 0 Å². The van der Waals surface area contributed by atoms with Crippen LogP contribution in [0.15, 0.2) is 35.0 Å². The summed E-state index contributed by atoms with van der Waals surface area (Å²) in [5.41, 5.74) is 1.29. The predicted molar refractivity (Wildman–Crippen MR) is 64.9 cm³/mol. The highest BCUT2D eigenvalue weighted by atomic mass is 16.6. The fourth-order valence-electron chi connectivity index (χ4n) is 1.63. The molecule has 0 radical (unpaired) electrons. The molecule has 0 spiro atoms. The molecule has 0 N–H and O–H groups in total. The Balaban J connectivity index is 2.49. The molecule has 0 aromatic heterocycles. The number of carbonyl (C=O) groups excluding carboxylic acids is 1. The van der Waals surface area contributed by atoms with E-state index in [-0.39, 0.29) is 17.3 Å². The second-order valence-electron chi connectivity index (χ2n) is 3.80. The topological polar surface area (TPSA) is 81.8 Å². The van der Waals surface area contributed by atoms with Gasteiger partial charge in [0, 0.05) is 19.1 Å². The van der Waals surface area contributed by atoms with Crippen molar-refractivity contribution < 1.29 is 14.5 Å². The van der Waals surface area contributed by atoms with Gasteiger partial charge in [0.15, 0.2) is 11.6 Å². The first-order chi connectivity index (χ1) is 8.49. The molecular formula is C12H10N2O4. The minimum absolute atomic E-state index is 0.0282. The first-order valence-electron chi connectivity index (χ1n) is 5.22. The highest BCUT2D eigenvalue weighted by Gasteiger charge is 2.23. The zero-order valence-electron chi connectivity index (χ0n) is 9.84. The van der Waals surface area contributed by atoms with Crippen molar-refractivity contribution in [3.8, 4) is 0 Å². The van der Waals surface area contributed by atoms with Crippen LogP contribution in [0.2, 0.25) is 0 Å². The number of nitro groups is 1. The molecule has 6 heteroatoms. The molecular weight excluding hydrogens is 236 g/mol. The van der Waals surface area contributed by atoms with Crippen LogP contribution < -0.4 is 0 Å². The molecule has 1 aromatic carbocycles. The quantitative estimate of drug-likeness (QED) is 0.347. The van der Waals surface area contributed by atoms with Crippen molar-refractivity contribution in [2.45, 2.75) is 13.8 Å². The van der Waals surface area contributed by atoms with Gasteiger partial charge in [-0.15, -0.1) is 0 Å². The van der Waals surface area contributed by atoms with Gasteiger partial charge in [0.2, 0.25) is 0 Å². The minimum Gasteiger partial charge on any atom is -0.407 e. The second kappa shape index (κ2) is 4.40. The van der Waals surface area contributed by atoms with Crippen molar-refractivity contribution in [3.05, 3.63) is 45.6 Å². The number of carbonyl (C=O) groups is 1.